The summed E-state index contributed by atoms with van der Waals surface area (Å²) in [4.78, 5) is 16.4. The van der Waals surface area contributed by atoms with Crippen molar-refractivity contribution in [3.8, 4) is 0 Å². The fourth-order valence-electron chi connectivity index (χ4n) is 2.54. The smallest absolute Gasteiger partial charge is 0.255 e. The van der Waals surface area contributed by atoms with Gasteiger partial charge >= 0.3 is 0 Å². The fraction of sp³-hybridized carbons (Fsp3) is 0.294. The van der Waals surface area contributed by atoms with Crippen LogP contribution in [-0.2, 0) is 17.8 Å². The van der Waals surface area contributed by atoms with Gasteiger partial charge in [0.05, 0.1) is 13.0 Å². The lowest BCUT2D eigenvalue weighted by Crippen LogP contribution is -2.25. The second kappa shape index (κ2) is 6.16. The van der Waals surface area contributed by atoms with E-state index >= 15 is 0 Å². The maximum atomic E-state index is 12.1. The zero-order valence-electron chi connectivity index (χ0n) is 13.5. The van der Waals surface area contributed by atoms with E-state index in [9.17, 15) is 4.79 Å². The van der Waals surface area contributed by atoms with Crippen molar-refractivity contribution in [1.29, 1.82) is 0 Å². The molecule has 3 aromatic rings. The number of nitrogens with one attached hydrogen (secondary N) is 1. The molecule has 3 rings (SSSR count). The molecular formula is C17H19N5O. The lowest BCUT2D eigenvalue weighted by atomic mass is 10.1. The summed E-state index contributed by atoms with van der Waals surface area (Å²) in [6, 6.07) is 9.92. The molecule has 0 saturated carbocycles. The highest BCUT2D eigenvalue weighted by atomic mass is 16.1. The first kappa shape index (κ1) is 15.1. The summed E-state index contributed by atoms with van der Waals surface area (Å²) < 4.78 is 1.86. The average molecular weight is 309 g/mol. The highest BCUT2D eigenvalue weighted by Gasteiger charge is 2.11. The van der Waals surface area contributed by atoms with E-state index in [0.29, 0.717) is 24.6 Å². The van der Waals surface area contributed by atoms with Gasteiger partial charge in [0, 0.05) is 11.4 Å². The molecule has 1 N–H and O–H groups in total. The molecule has 0 saturated heterocycles. The number of nitrogens with zero attached hydrogens (tertiary/aromatic N) is 4. The third-order valence-corrected chi connectivity index (χ3v) is 3.69. The van der Waals surface area contributed by atoms with Gasteiger partial charge in [0.15, 0.2) is 5.82 Å². The minimum atomic E-state index is -0.0386. The van der Waals surface area contributed by atoms with Gasteiger partial charge < -0.3 is 5.32 Å². The monoisotopic (exact) mass is 309 g/mol. The van der Waals surface area contributed by atoms with Crippen LogP contribution in [0.5, 0.6) is 0 Å². The standard InChI is InChI=1S/C17H19N5O/c1-11-4-6-14(7-5-11)9-16(23)18-10-15-20-21-17-19-12(2)8-13(3)22(15)17/h4-8H,9-10H2,1-3H3,(H,18,23). The maximum absolute atomic E-state index is 12.1. The molecule has 2 heterocycles. The van der Waals surface area contributed by atoms with Gasteiger partial charge in [-0.3, -0.25) is 9.20 Å². The van der Waals surface area contributed by atoms with Gasteiger partial charge in [-0.2, -0.15) is 0 Å². The number of hydrogen-bond acceptors (Lipinski definition) is 4. The SMILES string of the molecule is Cc1ccc(CC(=O)NCc2nnc3nc(C)cc(C)n23)cc1. The van der Waals surface area contributed by atoms with E-state index in [1.807, 2.05) is 55.5 Å². The summed E-state index contributed by atoms with van der Waals surface area (Å²) in [5.74, 6) is 1.20. The topological polar surface area (TPSA) is 72.2 Å². The number of hydrogen-bond donors (Lipinski definition) is 1. The number of aryl methyl sites for hydroxylation is 3. The number of aromatic nitrogens is 4. The van der Waals surface area contributed by atoms with Crippen molar-refractivity contribution in [2.45, 2.75) is 33.7 Å². The number of amides is 1. The molecule has 0 atom stereocenters. The molecule has 0 aliphatic rings. The van der Waals surface area contributed by atoms with E-state index in [1.165, 1.54) is 5.56 Å². The Balaban J connectivity index is 1.68. The molecule has 2 aromatic heterocycles. The first-order valence-corrected chi connectivity index (χ1v) is 7.53. The van der Waals surface area contributed by atoms with Crippen molar-refractivity contribution in [2.75, 3.05) is 0 Å². The van der Waals surface area contributed by atoms with Crippen molar-refractivity contribution in [3.05, 3.63) is 58.7 Å². The van der Waals surface area contributed by atoms with Crippen LogP contribution < -0.4 is 5.32 Å². The summed E-state index contributed by atoms with van der Waals surface area (Å²) in [5, 5.41) is 11.1. The number of carbonyl (C=O) groups excluding carboxylic acids is 1. The molecule has 0 aliphatic heterocycles. The highest BCUT2D eigenvalue weighted by Crippen LogP contribution is 2.08. The van der Waals surface area contributed by atoms with E-state index in [4.69, 9.17) is 0 Å². The van der Waals surface area contributed by atoms with E-state index in [1.54, 1.807) is 0 Å². The van der Waals surface area contributed by atoms with Crippen LogP contribution in [0, 0.1) is 20.8 Å². The van der Waals surface area contributed by atoms with Gasteiger partial charge in [-0.15, -0.1) is 10.2 Å². The molecule has 0 unspecified atom stereocenters. The summed E-state index contributed by atoms with van der Waals surface area (Å²) in [5.41, 5.74) is 4.08. The molecule has 0 fully saturated rings. The van der Waals surface area contributed by atoms with Crippen molar-refractivity contribution in [1.82, 2.24) is 24.9 Å². The predicted molar refractivity (Wildman–Crippen MR) is 87.0 cm³/mol. The molecule has 6 nitrogen and oxygen atoms in total. The molecule has 1 amide bonds. The molecule has 0 aliphatic carbocycles. The van der Waals surface area contributed by atoms with Crippen LogP contribution in [0.1, 0.15) is 28.3 Å². The third-order valence-electron chi connectivity index (χ3n) is 3.69. The quantitative estimate of drug-likeness (QED) is 0.799. The van der Waals surface area contributed by atoms with E-state index in [2.05, 4.69) is 20.5 Å². The molecule has 6 heteroatoms. The second-order valence-electron chi connectivity index (χ2n) is 5.73. The van der Waals surface area contributed by atoms with E-state index < -0.39 is 0 Å². The van der Waals surface area contributed by atoms with E-state index in [0.717, 1.165) is 17.0 Å². The van der Waals surface area contributed by atoms with Crippen LogP contribution in [0.4, 0.5) is 0 Å². The summed E-state index contributed by atoms with van der Waals surface area (Å²) in [6.45, 7) is 6.25. The highest BCUT2D eigenvalue weighted by molar-refractivity contribution is 5.78. The van der Waals surface area contributed by atoms with Gasteiger partial charge in [-0.1, -0.05) is 29.8 Å². The number of benzene rings is 1. The van der Waals surface area contributed by atoms with Crippen LogP contribution >= 0.6 is 0 Å². The molecule has 0 spiro atoms. The Hall–Kier alpha value is -2.76. The molecule has 23 heavy (non-hydrogen) atoms. The Labute approximate surface area is 134 Å². The number of fused-ring (bicyclic) bond motifs is 1. The van der Waals surface area contributed by atoms with Crippen molar-refractivity contribution >= 4 is 11.7 Å². The van der Waals surface area contributed by atoms with Gasteiger partial charge in [0.1, 0.15) is 0 Å². The number of rotatable bonds is 4. The normalized spacial score (nSPS) is 10.9. The minimum Gasteiger partial charge on any atom is -0.348 e. The first-order chi connectivity index (χ1) is 11.0. The average Bonchev–Trinajstić information content (AvgIpc) is 2.91. The van der Waals surface area contributed by atoms with Crippen molar-refractivity contribution < 1.29 is 4.79 Å². The van der Waals surface area contributed by atoms with Gasteiger partial charge in [-0.05, 0) is 32.4 Å². The van der Waals surface area contributed by atoms with Crippen LogP contribution in [0.2, 0.25) is 0 Å². The molecular weight excluding hydrogens is 290 g/mol. The zero-order valence-corrected chi connectivity index (χ0v) is 13.5. The molecule has 0 bridgehead atoms. The van der Waals surface area contributed by atoms with Crippen molar-refractivity contribution in [3.63, 3.8) is 0 Å². The first-order valence-electron chi connectivity index (χ1n) is 7.53. The van der Waals surface area contributed by atoms with Crippen LogP contribution in [0.25, 0.3) is 5.78 Å². The van der Waals surface area contributed by atoms with E-state index in [-0.39, 0.29) is 5.91 Å². The predicted octanol–water partition coefficient (Wildman–Crippen LogP) is 1.91. The molecule has 1 aromatic carbocycles. The maximum Gasteiger partial charge on any atom is 0.255 e. The van der Waals surface area contributed by atoms with Crippen LogP contribution in [-0.4, -0.2) is 25.5 Å². The number of carbonyl (C=O) groups is 1. The lowest BCUT2D eigenvalue weighted by Gasteiger charge is -2.06. The Morgan fingerprint density at radius 2 is 1.87 bits per heavy atom. The Morgan fingerprint density at radius 1 is 1.13 bits per heavy atom. The third kappa shape index (κ3) is 3.36. The largest absolute Gasteiger partial charge is 0.348 e. The summed E-state index contributed by atoms with van der Waals surface area (Å²) in [6.07, 6.45) is 0.355. The second-order valence-corrected chi connectivity index (χ2v) is 5.73. The summed E-state index contributed by atoms with van der Waals surface area (Å²) in [7, 11) is 0. The summed E-state index contributed by atoms with van der Waals surface area (Å²) >= 11 is 0. The Kier molecular flexibility index (Phi) is 4.06. The van der Waals surface area contributed by atoms with Crippen LogP contribution in [0.3, 0.4) is 0 Å². The van der Waals surface area contributed by atoms with Gasteiger partial charge in [0.2, 0.25) is 5.91 Å². The molecule has 118 valence electrons. The van der Waals surface area contributed by atoms with Gasteiger partial charge in [0.25, 0.3) is 5.78 Å². The zero-order chi connectivity index (χ0) is 16.4. The fourth-order valence-corrected chi connectivity index (χ4v) is 2.54. The Bertz CT molecular complexity index is 851. The Morgan fingerprint density at radius 3 is 2.61 bits per heavy atom. The molecule has 0 radical (unpaired) electrons. The minimum absolute atomic E-state index is 0.0386. The lowest BCUT2D eigenvalue weighted by molar-refractivity contribution is -0.120. The van der Waals surface area contributed by atoms with Crippen molar-refractivity contribution in [2.24, 2.45) is 0 Å². The van der Waals surface area contributed by atoms with Crippen LogP contribution in [0.15, 0.2) is 30.3 Å². The van der Waals surface area contributed by atoms with Gasteiger partial charge in [-0.25, -0.2) is 4.98 Å².